The second-order valence-electron chi connectivity index (χ2n) is 5.90. The molecule has 3 N–H and O–H groups in total. The second-order valence-corrected chi connectivity index (χ2v) is 5.90. The lowest BCUT2D eigenvalue weighted by Gasteiger charge is -2.07. The highest BCUT2D eigenvalue weighted by Gasteiger charge is 2.11. The zero-order valence-corrected chi connectivity index (χ0v) is 14.0. The van der Waals surface area contributed by atoms with E-state index < -0.39 is 5.97 Å². The maximum absolute atomic E-state index is 11.9. The molecule has 0 aliphatic rings. The number of rotatable bonds is 10. The molecule has 7 heteroatoms. The van der Waals surface area contributed by atoms with Crippen LogP contribution in [-0.2, 0) is 11.3 Å². The van der Waals surface area contributed by atoms with E-state index in [0.29, 0.717) is 12.1 Å². The summed E-state index contributed by atoms with van der Waals surface area (Å²) in [6.07, 6.45) is 11.0. The number of aryl methyl sites for hydroxylation is 1. The molecular formula is C18H23N3O4. The predicted octanol–water partition coefficient (Wildman–Crippen LogP) is 3.27. The van der Waals surface area contributed by atoms with Gasteiger partial charge in [0.15, 0.2) is 0 Å². The van der Waals surface area contributed by atoms with Crippen LogP contribution in [0.4, 0.5) is 5.69 Å². The van der Waals surface area contributed by atoms with Crippen molar-refractivity contribution in [2.45, 2.75) is 45.1 Å². The summed E-state index contributed by atoms with van der Waals surface area (Å²) >= 11 is 0. The van der Waals surface area contributed by atoms with Gasteiger partial charge in [0.25, 0.3) is 0 Å². The third-order valence-corrected chi connectivity index (χ3v) is 3.89. The van der Waals surface area contributed by atoms with Crippen LogP contribution >= 0.6 is 0 Å². The fraction of sp³-hybridized carbons (Fsp3) is 0.389. The van der Waals surface area contributed by atoms with Crippen LogP contribution in [0.2, 0.25) is 0 Å². The Bertz CT molecular complexity index is 698. The topological polar surface area (TPSA) is 104 Å². The molecule has 1 heterocycles. The number of phenols is 1. The van der Waals surface area contributed by atoms with E-state index in [1.54, 1.807) is 6.20 Å². The van der Waals surface area contributed by atoms with Crippen LogP contribution in [0.3, 0.4) is 0 Å². The Morgan fingerprint density at radius 3 is 2.60 bits per heavy atom. The smallest absolute Gasteiger partial charge is 0.339 e. The zero-order valence-electron chi connectivity index (χ0n) is 14.0. The Labute approximate surface area is 146 Å². The van der Waals surface area contributed by atoms with Gasteiger partial charge in [0, 0.05) is 31.0 Å². The maximum Gasteiger partial charge on any atom is 0.339 e. The fourth-order valence-corrected chi connectivity index (χ4v) is 2.54. The molecule has 0 radical (unpaired) electrons. The van der Waals surface area contributed by atoms with Gasteiger partial charge in [-0.2, -0.15) is 0 Å². The van der Waals surface area contributed by atoms with Gasteiger partial charge in [-0.15, -0.1) is 0 Å². The monoisotopic (exact) mass is 345 g/mol. The molecule has 1 amide bonds. The molecule has 1 aromatic carbocycles. The first-order chi connectivity index (χ1) is 12.1. The minimum Gasteiger partial charge on any atom is -0.507 e. The van der Waals surface area contributed by atoms with Crippen molar-refractivity contribution in [1.29, 1.82) is 0 Å². The predicted molar refractivity (Wildman–Crippen MR) is 93.6 cm³/mol. The van der Waals surface area contributed by atoms with E-state index in [0.717, 1.165) is 38.6 Å². The largest absolute Gasteiger partial charge is 0.507 e. The lowest BCUT2D eigenvalue weighted by atomic mass is 10.1. The number of nitrogens with one attached hydrogen (secondary N) is 1. The highest BCUT2D eigenvalue weighted by atomic mass is 16.4. The lowest BCUT2D eigenvalue weighted by molar-refractivity contribution is -0.116. The van der Waals surface area contributed by atoms with Crippen LogP contribution in [-0.4, -0.2) is 31.6 Å². The van der Waals surface area contributed by atoms with Crippen LogP contribution in [0.25, 0.3) is 0 Å². The molecule has 1 aromatic heterocycles. The number of unbranched alkanes of at least 4 members (excludes halogenated alkanes) is 4. The number of nitrogens with zero attached hydrogens (tertiary/aromatic N) is 2. The Morgan fingerprint density at radius 2 is 1.88 bits per heavy atom. The van der Waals surface area contributed by atoms with E-state index in [2.05, 4.69) is 14.9 Å². The van der Waals surface area contributed by atoms with Gasteiger partial charge < -0.3 is 20.1 Å². The second kappa shape index (κ2) is 9.46. The molecule has 0 saturated heterocycles. The number of carbonyl (C=O) groups excluding carboxylic acids is 1. The molecular weight excluding hydrogens is 322 g/mol. The van der Waals surface area contributed by atoms with Gasteiger partial charge in [0.1, 0.15) is 11.3 Å². The standard InChI is InChI=1S/C18H23N3O4/c22-16-8-7-14(12-15(16)18(24)25)20-17(23)6-4-2-1-3-5-10-21-11-9-19-13-21/h7-9,11-13,22H,1-6,10H2,(H,20,23)(H,24,25). The number of carbonyl (C=O) groups is 2. The number of aromatic carboxylic acids is 1. The third kappa shape index (κ3) is 6.29. The summed E-state index contributed by atoms with van der Waals surface area (Å²) in [4.78, 5) is 26.8. The Kier molecular flexibility index (Phi) is 7.00. The summed E-state index contributed by atoms with van der Waals surface area (Å²) in [7, 11) is 0. The van der Waals surface area contributed by atoms with Crippen molar-refractivity contribution >= 4 is 17.6 Å². The molecule has 0 aliphatic heterocycles. The molecule has 0 aliphatic carbocycles. The number of carboxylic acids is 1. The number of carboxylic acid groups (broad SMARTS) is 1. The first-order valence-corrected chi connectivity index (χ1v) is 8.38. The molecule has 0 atom stereocenters. The normalized spacial score (nSPS) is 10.6. The average Bonchev–Trinajstić information content (AvgIpc) is 3.09. The number of amides is 1. The van der Waals surface area contributed by atoms with Gasteiger partial charge >= 0.3 is 5.97 Å². The number of benzene rings is 1. The molecule has 0 spiro atoms. The lowest BCUT2D eigenvalue weighted by Crippen LogP contribution is -2.11. The van der Waals surface area contributed by atoms with Crippen LogP contribution in [0.5, 0.6) is 5.75 Å². The van der Waals surface area contributed by atoms with Crippen molar-refractivity contribution in [3.8, 4) is 5.75 Å². The summed E-state index contributed by atoms with van der Waals surface area (Å²) in [5, 5.41) is 21.1. The van der Waals surface area contributed by atoms with Gasteiger partial charge in [0.05, 0.1) is 6.33 Å². The number of anilines is 1. The van der Waals surface area contributed by atoms with Crippen molar-refractivity contribution in [3.05, 3.63) is 42.5 Å². The quantitative estimate of drug-likeness (QED) is 0.453. The SMILES string of the molecule is O=C(CCCCCCCn1ccnc1)Nc1ccc(O)c(C(=O)O)c1. The summed E-state index contributed by atoms with van der Waals surface area (Å²) in [6, 6.07) is 4.00. The van der Waals surface area contributed by atoms with Gasteiger partial charge in [-0.1, -0.05) is 19.3 Å². The van der Waals surface area contributed by atoms with Crippen molar-refractivity contribution < 1.29 is 19.8 Å². The summed E-state index contributed by atoms with van der Waals surface area (Å²) in [5.74, 6) is -1.70. The van der Waals surface area contributed by atoms with Crippen molar-refractivity contribution in [1.82, 2.24) is 9.55 Å². The van der Waals surface area contributed by atoms with Crippen LogP contribution in [0.1, 0.15) is 48.9 Å². The molecule has 25 heavy (non-hydrogen) atoms. The molecule has 134 valence electrons. The molecule has 7 nitrogen and oxygen atoms in total. The fourth-order valence-electron chi connectivity index (χ4n) is 2.54. The molecule has 0 bridgehead atoms. The van der Waals surface area contributed by atoms with Crippen LogP contribution in [0.15, 0.2) is 36.9 Å². The Hall–Kier alpha value is -2.83. The van der Waals surface area contributed by atoms with E-state index in [1.165, 1.54) is 18.2 Å². The van der Waals surface area contributed by atoms with Gasteiger partial charge in [-0.3, -0.25) is 4.79 Å². The number of hydrogen-bond donors (Lipinski definition) is 3. The molecule has 2 rings (SSSR count). The summed E-state index contributed by atoms with van der Waals surface area (Å²) in [5.41, 5.74) is 0.149. The van der Waals surface area contributed by atoms with Crippen LogP contribution in [0, 0.1) is 0 Å². The van der Waals surface area contributed by atoms with Crippen molar-refractivity contribution in [3.63, 3.8) is 0 Å². The number of aromatic hydroxyl groups is 1. The van der Waals surface area contributed by atoms with E-state index in [-0.39, 0.29) is 17.2 Å². The number of imidazole rings is 1. The van der Waals surface area contributed by atoms with E-state index in [4.69, 9.17) is 5.11 Å². The summed E-state index contributed by atoms with van der Waals surface area (Å²) < 4.78 is 2.05. The van der Waals surface area contributed by atoms with Crippen molar-refractivity contribution in [2.24, 2.45) is 0 Å². The maximum atomic E-state index is 11.9. The van der Waals surface area contributed by atoms with Crippen molar-refractivity contribution in [2.75, 3.05) is 5.32 Å². The van der Waals surface area contributed by atoms with Gasteiger partial charge in [-0.25, -0.2) is 9.78 Å². The van der Waals surface area contributed by atoms with Crippen LogP contribution < -0.4 is 5.32 Å². The Morgan fingerprint density at radius 1 is 1.12 bits per heavy atom. The highest BCUT2D eigenvalue weighted by Crippen LogP contribution is 2.21. The molecule has 2 aromatic rings. The molecule has 0 unspecified atom stereocenters. The number of hydrogen-bond acceptors (Lipinski definition) is 4. The molecule has 0 saturated carbocycles. The average molecular weight is 345 g/mol. The first-order valence-electron chi connectivity index (χ1n) is 8.38. The Balaban J connectivity index is 1.61. The minimum atomic E-state index is -1.23. The zero-order chi connectivity index (χ0) is 18.1. The van der Waals surface area contributed by atoms with E-state index in [1.807, 2.05) is 12.5 Å². The molecule has 0 fully saturated rings. The summed E-state index contributed by atoms with van der Waals surface area (Å²) in [6.45, 7) is 0.966. The van der Waals surface area contributed by atoms with Gasteiger partial charge in [0.2, 0.25) is 5.91 Å². The minimum absolute atomic E-state index is 0.152. The van der Waals surface area contributed by atoms with E-state index >= 15 is 0 Å². The van der Waals surface area contributed by atoms with Gasteiger partial charge in [-0.05, 0) is 31.0 Å². The van der Waals surface area contributed by atoms with E-state index in [9.17, 15) is 14.7 Å². The first kappa shape index (κ1) is 18.5. The number of aromatic nitrogens is 2. The third-order valence-electron chi connectivity index (χ3n) is 3.89. The highest BCUT2D eigenvalue weighted by molar-refractivity contribution is 5.95.